The van der Waals surface area contributed by atoms with Gasteiger partial charge in [0, 0.05) is 42.7 Å². The molecule has 1 aromatic heterocycles. The van der Waals surface area contributed by atoms with Gasteiger partial charge >= 0.3 is 5.69 Å². The van der Waals surface area contributed by atoms with Crippen molar-refractivity contribution >= 4 is 21.6 Å². The molecule has 0 unspecified atom stereocenters. The number of hydrogen-bond acceptors (Lipinski definition) is 2. The van der Waals surface area contributed by atoms with Gasteiger partial charge in [0.2, 0.25) is 0 Å². The maximum absolute atomic E-state index is 11.6. The molecule has 2 aromatic rings. The van der Waals surface area contributed by atoms with E-state index in [1.54, 1.807) is 28.6 Å². The van der Waals surface area contributed by atoms with Crippen LogP contribution in [-0.4, -0.2) is 15.7 Å². The standard InChI is InChI=1S/C12H14BrN3O/c1-15-8-9-16(12(15)17)7-6-14-11-5-3-2-4-10(11)13/h2-5,8-9,14H,6-7H2,1H3. The average molecular weight is 296 g/mol. The molecule has 0 saturated carbocycles. The maximum atomic E-state index is 11.6. The number of nitrogens with one attached hydrogen (secondary N) is 1. The van der Waals surface area contributed by atoms with E-state index in [-0.39, 0.29) is 5.69 Å². The summed E-state index contributed by atoms with van der Waals surface area (Å²) in [6.07, 6.45) is 3.56. The molecule has 1 N–H and O–H groups in total. The van der Waals surface area contributed by atoms with Gasteiger partial charge in [-0.05, 0) is 28.1 Å². The van der Waals surface area contributed by atoms with Crippen LogP contribution in [-0.2, 0) is 13.6 Å². The van der Waals surface area contributed by atoms with Gasteiger partial charge in [-0.15, -0.1) is 0 Å². The highest BCUT2D eigenvalue weighted by Crippen LogP contribution is 2.20. The first-order valence-corrected chi connectivity index (χ1v) is 6.18. The molecule has 1 aromatic carbocycles. The molecule has 0 fully saturated rings. The van der Waals surface area contributed by atoms with E-state index in [2.05, 4.69) is 21.2 Å². The molecule has 1 heterocycles. The maximum Gasteiger partial charge on any atom is 0.327 e. The molecule has 0 spiro atoms. The van der Waals surface area contributed by atoms with Crippen LogP contribution in [0.4, 0.5) is 5.69 Å². The summed E-state index contributed by atoms with van der Waals surface area (Å²) >= 11 is 3.47. The molecule has 0 atom stereocenters. The van der Waals surface area contributed by atoms with Crippen molar-refractivity contribution in [3.05, 3.63) is 51.6 Å². The summed E-state index contributed by atoms with van der Waals surface area (Å²) < 4.78 is 4.28. The third-order valence-corrected chi connectivity index (χ3v) is 3.25. The van der Waals surface area contributed by atoms with Crippen molar-refractivity contribution in [1.82, 2.24) is 9.13 Å². The van der Waals surface area contributed by atoms with E-state index < -0.39 is 0 Å². The van der Waals surface area contributed by atoms with E-state index in [9.17, 15) is 4.79 Å². The Labute approximate surface area is 108 Å². The van der Waals surface area contributed by atoms with Gasteiger partial charge in [-0.3, -0.25) is 4.57 Å². The Balaban J connectivity index is 1.95. The van der Waals surface area contributed by atoms with E-state index >= 15 is 0 Å². The number of hydrogen-bond donors (Lipinski definition) is 1. The van der Waals surface area contributed by atoms with Gasteiger partial charge in [0.15, 0.2) is 0 Å². The minimum absolute atomic E-state index is 0.0129. The Kier molecular flexibility index (Phi) is 3.68. The molecule has 0 saturated heterocycles. The zero-order valence-corrected chi connectivity index (χ0v) is 11.1. The van der Waals surface area contributed by atoms with Crippen molar-refractivity contribution < 1.29 is 0 Å². The average Bonchev–Trinajstić information content (AvgIpc) is 2.63. The minimum Gasteiger partial charge on any atom is -0.382 e. The van der Waals surface area contributed by atoms with E-state index in [0.717, 1.165) is 10.2 Å². The fraction of sp³-hybridized carbons (Fsp3) is 0.250. The molecule has 0 aliphatic rings. The summed E-state index contributed by atoms with van der Waals surface area (Å²) in [5.74, 6) is 0. The topological polar surface area (TPSA) is 39.0 Å². The molecule has 90 valence electrons. The first-order valence-electron chi connectivity index (χ1n) is 5.38. The molecule has 0 aliphatic heterocycles. The van der Waals surface area contributed by atoms with E-state index in [1.165, 1.54) is 0 Å². The van der Waals surface area contributed by atoms with Gasteiger partial charge < -0.3 is 9.88 Å². The van der Waals surface area contributed by atoms with Crippen molar-refractivity contribution in [2.75, 3.05) is 11.9 Å². The Bertz CT molecular complexity index is 559. The summed E-state index contributed by atoms with van der Waals surface area (Å²) in [7, 11) is 1.75. The number of anilines is 1. The third-order valence-electron chi connectivity index (χ3n) is 2.56. The molecular weight excluding hydrogens is 282 g/mol. The lowest BCUT2D eigenvalue weighted by Gasteiger charge is -2.08. The lowest BCUT2D eigenvalue weighted by molar-refractivity contribution is 0.672. The monoisotopic (exact) mass is 295 g/mol. The summed E-state index contributed by atoms with van der Waals surface area (Å²) in [6.45, 7) is 1.37. The molecule has 4 nitrogen and oxygen atoms in total. The fourth-order valence-corrected chi connectivity index (χ4v) is 2.02. The number of rotatable bonds is 4. The lowest BCUT2D eigenvalue weighted by Crippen LogP contribution is -2.24. The van der Waals surface area contributed by atoms with E-state index in [1.807, 2.05) is 24.3 Å². The van der Waals surface area contributed by atoms with Gasteiger partial charge in [0.05, 0.1) is 0 Å². The van der Waals surface area contributed by atoms with Crippen LogP contribution in [0.1, 0.15) is 0 Å². The number of benzene rings is 1. The van der Waals surface area contributed by atoms with Crippen molar-refractivity contribution in [3.63, 3.8) is 0 Å². The number of nitrogens with zero attached hydrogens (tertiary/aromatic N) is 2. The number of para-hydroxylation sites is 1. The third kappa shape index (κ3) is 2.79. The quantitative estimate of drug-likeness (QED) is 0.938. The second kappa shape index (κ2) is 5.23. The van der Waals surface area contributed by atoms with Gasteiger partial charge in [-0.1, -0.05) is 12.1 Å². The zero-order chi connectivity index (χ0) is 12.3. The molecule has 0 radical (unpaired) electrons. The van der Waals surface area contributed by atoms with Crippen LogP contribution in [0.25, 0.3) is 0 Å². The van der Waals surface area contributed by atoms with Gasteiger partial charge in [0.1, 0.15) is 0 Å². The van der Waals surface area contributed by atoms with E-state index in [0.29, 0.717) is 13.1 Å². The Morgan fingerprint density at radius 1 is 1.29 bits per heavy atom. The summed E-state index contributed by atoms with van der Waals surface area (Å²) in [5.41, 5.74) is 1.05. The molecule has 17 heavy (non-hydrogen) atoms. The summed E-state index contributed by atoms with van der Waals surface area (Å²) in [4.78, 5) is 11.6. The van der Waals surface area contributed by atoms with Gasteiger partial charge in [0.25, 0.3) is 0 Å². The number of aromatic nitrogens is 2. The highest BCUT2D eigenvalue weighted by atomic mass is 79.9. The Hall–Kier alpha value is -1.49. The van der Waals surface area contributed by atoms with Crippen molar-refractivity contribution in [2.45, 2.75) is 6.54 Å². The first kappa shape index (κ1) is 12.0. The molecule has 0 bridgehead atoms. The number of halogens is 1. The van der Waals surface area contributed by atoms with Crippen LogP contribution in [0.15, 0.2) is 45.9 Å². The van der Waals surface area contributed by atoms with Crippen molar-refractivity contribution in [3.8, 4) is 0 Å². The second-order valence-electron chi connectivity index (χ2n) is 3.79. The van der Waals surface area contributed by atoms with Crippen molar-refractivity contribution in [2.24, 2.45) is 7.05 Å². The predicted octanol–water partition coefficient (Wildman–Crippen LogP) is 2.06. The minimum atomic E-state index is 0.0129. The fourth-order valence-electron chi connectivity index (χ4n) is 1.60. The predicted molar refractivity (Wildman–Crippen MR) is 72.3 cm³/mol. The number of aryl methyl sites for hydroxylation is 1. The lowest BCUT2D eigenvalue weighted by atomic mass is 10.3. The van der Waals surface area contributed by atoms with Crippen LogP contribution < -0.4 is 11.0 Å². The number of imidazole rings is 1. The first-order chi connectivity index (χ1) is 8.18. The van der Waals surface area contributed by atoms with Crippen LogP contribution >= 0.6 is 15.9 Å². The largest absolute Gasteiger partial charge is 0.382 e. The smallest absolute Gasteiger partial charge is 0.327 e. The molecule has 0 amide bonds. The van der Waals surface area contributed by atoms with Gasteiger partial charge in [-0.25, -0.2) is 4.79 Å². The van der Waals surface area contributed by atoms with Crippen LogP contribution in [0.3, 0.4) is 0 Å². The SMILES string of the molecule is Cn1ccn(CCNc2ccccc2Br)c1=O. The molecule has 2 rings (SSSR count). The highest BCUT2D eigenvalue weighted by molar-refractivity contribution is 9.10. The molecular formula is C12H14BrN3O. The highest BCUT2D eigenvalue weighted by Gasteiger charge is 2.00. The van der Waals surface area contributed by atoms with Gasteiger partial charge in [-0.2, -0.15) is 0 Å². The normalized spacial score (nSPS) is 10.5. The van der Waals surface area contributed by atoms with Crippen LogP contribution in [0.5, 0.6) is 0 Å². The Morgan fingerprint density at radius 3 is 2.71 bits per heavy atom. The van der Waals surface area contributed by atoms with Crippen LogP contribution in [0.2, 0.25) is 0 Å². The van der Waals surface area contributed by atoms with E-state index in [4.69, 9.17) is 0 Å². The zero-order valence-electron chi connectivity index (χ0n) is 9.56. The van der Waals surface area contributed by atoms with Crippen molar-refractivity contribution in [1.29, 1.82) is 0 Å². The summed E-state index contributed by atoms with van der Waals surface area (Å²) in [5, 5.41) is 3.28. The molecule has 5 heteroatoms. The van der Waals surface area contributed by atoms with Crippen LogP contribution in [0, 0.1) is 0 Å². The second-order valence-corrected chi connectivity index (χ2v) is 4.65. The Morgan fingerprint density at radius 2 is 2.06 bits per heavy atom. The molecule has 0 aliphatic carbocycles. The summed E-state index contributed by atoms with van der Waals surface area (Å²) in [6, 6.07) is 7.92.